The number of morpholine rings is 1. The van der Waals surface area contributed by atoms with Crippen LogP contribution in [-0.2, 0) is 11.3 Å². The molecule has 0 radical (unpaired) electrons. The van der Waals surface area contributed by atoms with Crippen molar-refractivity contribution in [2.45, 2.75) is 20.4 Å². The second-order valence-electron chi connectivity index (χ2n) is 7.60. The van der Waals surface area contributed by atoms with Crippen molar-refractivity contribution in [1.82, 2.24) is 19.9 Å². The SMILES string of the molecule is Cc1sc2nc(CN3CCOCC3)nc(N3CCN(c4nccs4)CC3)c2c1C. The predicted molar refractivity (Wildman–Crippen MR) is 120 cm³/mol. The lowest BCUT2D eigenvalue weighted by Crippen LogP contribution is -2.47. The molecule has 0 atom stereocenters. The first-order chi connectivity index (χ1) is 14.2. The number of fused-ring (bicyclic) bond motifs is 1. The number of aromatic nitrogens is 3. The van der Waals surface area contributed by atoms with Crippen molar-refractivity contribution in [3.05, 3.63) is 27.8 Å². The fraction of sp³-hybridized carbons (Fsp3) is 0.550. The molecule has 5 rings (SSSR count). The summed E-state index contributed by atoms with van der Waals surface area (Å²) in [5, 5.41) is 4.40. The second-order valence-corrected chi connectivity index (χ2v) is 9.68. The van der Waals surface area contributed by atoms with E-state index in [4.69, 9.17) is 14.7 Å². The first-order valence-corrected chi connectivity index (χ1v) is 11.8. The molecule has 0 bridgehead atoms. The van der Waals surface area contributed by atoms with Gasteiger partial charge in [0.1, 0.15) is 16.5 Å². The molecule has 2 aliphatic rings. The van der Waals surface area contributed by atoms with Crippen molar-refractivity contribution in [2.24, 2.45) is 0 Å². The van der Waals surface area contributed by atoms with Gasteiger partial charge in [0.25, 0.3) is 0 Å². The van der Waals surface area contributed by atoms with Crippen molar-refractivity contribution in [3.63, 3.8) is 0 Å². The second kappa shape index (κ2) is 8.14. The van der Waals surface area contributed by atoms with Crippen LogP contribution in [-0.4, -0.2) is 72.3 Å². The maximum Gasteiger partial charge on any atom is 0.185 e. The van der Waals surface area contributed by atoms with Crippen molar-refractivity contribution >= 4 is 43.8 Å². The minimum atomic E-state index is 0.793. The number of hydrogen-bond acceptors (Lipinski definition) is 9. The molecule has 7 nitrogen and oxygen atoms in total. The van der Waals surface area contributed by atoms with Crippen LogP contribution >= 0.6 is 22.7 Å². The number of thiazole rings is 1. The molecule has 2 saturated heterocycles. The monoisotopic (exact) mass is 430 g/mol. The molecule has 154 valence electrons. The summed E-state index contributed by atoms with van der Waals surface area (Å²) in [4.78, 5) is 24.2. The third-order valence-electron chi connectivity index (χ3n) is 5.79. The molecule has 9 heteroatoms. The molecular formula is C20H26N6OS2. The zero-order chi connectivity index (χ0) is 19.8. The Labute approximate surface area is 179 Å². The molecule has 0 aliphatic carbocycles. The summed E-state index contributed by atoms with van der Waals surface area (Å²) in [6.45, 7) is 12.5. The molecule has 0 aromatic carbocycles. The molecule has 0 saturated carbocycles. The van der Waals surface area contributed by atoms with Crippen LogP contribution in [0.2, 0.25) is 0 Å². The summed E-state index contributed by atoms with van der Waals surface area (Å²) >= 11 is 3.51. The lowest BCUT2D eigenvalue weighted by molar-refractivity contribution is 0.0331. The van der Waals surface area contributed by atoms with E-state index in [9.17, 15) is 0 Å². The molecule has 2 fully saturated rings. The standard InChI is InChI=1S/C20H26N6OS2/c1-14-15(2)29-19-17(14)18(22-16(23-19)13-24-8-10-27-11-9-24)25-4-6-26(7-5-25)20-21-3-12-28-20/h3,12H,4-11,13H2,1-2H3. The van der Waals surface area contributed by atoms with E-state index in [1.54, 1.807) is 22.7 Å². The van der Waals surface area contributed by atoms with Gasteiger partial charge >= 0.3 is 0 Å². The van der Waals surface area contributed by atoms with Crippen LogP contribution < -0.4 is 9.80 Å². The van der Waals surface area contributed by atoms with E-state index < -0.39 is 0 Å². The van der Waals surface area contributed by atoms with Gasteiger partial charge in [0.05, 0.1) is 25.1 Å². The average molecular weight is 431 g/mol. The van der Waals surface area contributed by atoms with Crippen LogP contribution in [0.5, 0.6) is 0 Å². The Hall–Kier alpha value is -1.81. The molecular weight excluding hydrogens is 404 g/mol. The number of thiophene rings is 1. The Balaban J connectivity index is 1.43. The molecule has 5 heterocycles. The van der Waals surface area contributed by atoms with Gasteiger partial charge in [0.2, 0.25) is 0 Å². The zero-order valence-corrected chi connectivity index (χ0v) is 18.6. The van der Waals surface area contributed by atoms with Crippen LogP contribution in [0.25, 0.3) is 10.2 Å². The summed E-state index contributed by atoms with van der Waals surface area (Å²) in [5.41, 5.74) is 1.32. The van der Waals surface area contributed by atoms with Gasteiger partial charge in [-0.1, -0.05) is 0 Å². The zero-order valence-electron chi connectivity index (χ0n) is 16.9. The minimum Gasteiger partial charge on any atom is -0.379 e. The van der Waals surface area contributed by atoms with E-state index in [1.165, 1.54) is 15.8 Å². The maximum atomic E-state index is 5.49. The van der Waals surface area contributed by atoms with Crippen molar-refractivity contribution < 1.29 is 4.74 Å². The Morgan fingerprint density at radius 3 is 2.48 bits per heavy atom. The lowest BCUT2D eigenvalue weighted by atomic mass is 10.2. The van der Waals surface area contributed by atoms with E-state index >= 15 is 0 Å². The number of aryl methyl sites for hydroxylation is 2. The highest BCUT2D eigenvalue weighted by Gasteiger charge is 2.25. The normalized spacial score (nSPS) is 18.7. The third-order valence-corrected chi connectivity index (χ3v) is 7.73. The number of nitrogens with zero attached hydrogens (tertiary/aromatic N) is 6. The summed E-state index contributed by atoms with van der Waals surface area (Å²) in [5.74, 6) is 2.04. The molecule has 0 N–H and O–H groups in total. The van der Waals surface area contributed by atoms with Gasteiger partial charge in [-0.15, -0.1) is 22.7 Å². The number of ether oxygens (including phenoxy) is 1. The Morgan fingerprint density at radius 1 is 1.00 bits per heavy atom. The van der Waals surface area contributed by atoms with Gasteiger partial charge in [-0.2, -0.15) is 0 Å². The summed E-state index contributed by atoms with van der Waals surface area (Å²) in [6.07, 6.45) is 1.88. The smallest absolute Gasteiger partial charge is 0.185 e. The van der Waals surface area contributed by atoms with Crippen molar-refractivity contribution in [3.8, 4) is 0 Å². The third kappa shape index (κ3) is 3.84. The van der Waals surface area contributed by atoms with E-state index in [2.05, 4.69) is 33.5 Å². The van der Waals surface area contributed by atoms with Gasteiger partial charge in [-0.05, 0) is 19.4 Å². The molecule has 0 spiro atoms. The number of piperazine rings is 1. The first-order valence-electron chi connectivity index (χ1n) is 10.1. The number of rotatable bonds is 4. The Morgan fingerprint density at radius 2 is 1.76 bits per heavy atom. The van der Waals surface area contributed by atoms with Crippen LogP contribution in [0.3, 0.4) is 0 Å². The van der Waals surface area contributed by atoms with E-state index in [1.807, 2.05) is 11.6 Å². The summed E-state index contributed by atoms with van der Waals surface area (Å²) in [7, 11) is 0. The fourth-order valence-corrected chi connectivity index (χ4v) is 5.75. The van der Waals surface area contributed by atoms with Crippen LogP contribution in [0, 0.1) is 13.8 Å². The Kier molecular flexibility index (Phi) is 5.38. The fourth-order valence-electron chi connectivity index (χ4n) is 4.01. The van der Waals surface area contributed by atoms with Crippen LogP contribution in [0.1, 0.15) is 16.3 Å². The topological polar surface area (TPSA) is 57.6 Å². The molecule has 3 aromatic heterocycles. The highest BCUT2D eigenvalue weighted by Crippen LogP contribution is 2.35. The van der Waals surface area contributed by atoms with E-state index in [0.717, 1.165) is 80.6 Å². The maximum absolute atomic E-state index is 5.49. The van der Waals surface area contributed by atoms with Crippen LogP contribution in [0.4, 0.5) is 10.9 Å². The quantitative estimate of drug-likeness (QED) is 0.631. The van der Waals surface area contributed by atoms with Gasteiger partial charge in [-0.3, -0.25) is 4.90 Å². The van der Waals surface area contributed by atoms with Gasteiger partial charge in [0, 0.05) is 55.7 Å². The highest BCUT2D eigenvalue weighted by atomic mass is 32.1. The minimum absolute atomic E-state index is 0.793. The molecule has 0 amide bonds. The summed E-state index contributed by atoms with van der Waals surface area (Å²) in [6, 6.07) is 0. The van der Waals surface area contributed by atoms with E-state index in [-0.39, 0.29) is 0 Å². The lowest BCUT2D eigenvalue weighted by Gasteiger charge is -2.35. The molecule has 2 aliphatic heterocycles. The number of anilines is 2. The predicted octanol–water partition coefficient (Wildman–Crippen LogP) is 2.92. The molecule has 29 heavy (non-hydrogen) atoms. The van der Waals surface area contributed by atoms with E-state index in [0.29, 0.717) is 0 Å². The molecule has 3 aromatic rings. The van der Waals surface area contributed by atoms with Gasteiger partial charge in [-0.25, -0.2) is 15.0 Å². The summed E-state index contributed by atoms with van der Waals surface area (Å²) < 4.78 is 5.49. The largest absolute Gasteiger partial charge is 0.379 e. The average Bonchev–Trinajstić information content (AvgIpc) is 3.37. The highest BCUT2D eigenvalue weighted by molar-refractivity contribution is 7.18. The Bertz CT molecular complexity index is 975. The molecule has 0 unspecified atom stereocenters. The van der Waals surface area contributed by atoms with Crippen molar-refractivity contribution in [1.29, 1.82) is 0 Å². The van der Waals surface area contributed by atoms with Crippen LogP contribution in [0.15, 0.2) is 11.6 Å². The van der Waals surface area contributed by atoms with Gasteiger partial charge < -0.3 is 14.5 Å². The first kappa shape index (κ1) is 19.2. The number of hydrogen-bond donors (Lipinski definition) is 0. The van der Waals surface area contributed by atoms with Crippen molar-refractivity contribution in [2.75, 3.05) is 62.3 Å². The van der Waals surface area contributed by atoms with Gasteiger partial charge in [0.15, 0.2) is 5.13 Å².